The number of rotatable bonds is 5. The van der Waals surface area contributed by atoms with Gasteiger partial charge < -0.3 is 19.7 Å². The molecule has 7 heteroatoms. The first-order chi connectivity index (χ1) is 10.6. The third kappa shape index (κ3) is 4.68. The summed E-state index contributed by atoms with van der Waals surface area (Å²) in [5.74, 6) is 1.09. The number of nitrogens with zero attached hydrogens (tertiary/aromatic N) is 1. The standard InChI is InChI=1S/C15H21BN2O4/c1-21-15(20)17-8-14(19)18-6-5-11(9-18)10-22-13-4-2-3-12(16)7-13/h2-4,7,11H,5-6,8-10,16H2,1H3,(H,17,20)/t11-/m1/s1. The highest BCUT2D eigenvalue weighted by molar-refractivity contribution is 6.32. The molecule has 1 N–H and O–H groups in total. The molecule has 1 saturated heterocycles. The number of amides is 2. The van der Waals surface area contributed by atoms with E-state index in [1.54, 1.807) is 4.90 Å². The Hall–Kier alpha value is -2.18. The summed E-state index contributed by atoms with van der Waals surface area (Å²) < 4.78 is 10.2. The molecule has 118 valence electrons. The SMILES string of the molecule is Bc1cccc(OC[C@@H]2CCN(C(=O)CNC(=O)OC)C2)c1. The Balaban J connectivity index is 1.73. The van der Waals surface area contributed by atoms with Gasteiger partial charge in [-0.1, -0.05) is 17.6 Å². The number of nitrogens with one attached hydrogen (secondary N) is 1. The lowest BCUT2D eigenvalue weighted by molar-refractivity contribution is -0.129. The van der Waals surface area contributed by atoms with E-state index < -0.39 is 6.09 Å². The van der Waals surface area contributed by atoms with Crippen LogP contribution in [0.15, 0.2) is 24.3 Å². The summed E-state index contributed by atoms with van der Waals surface area (Å²) in [4.78, 5) is 24.7. The molecule has 2 rings (SSSR count). The van der Waals surface area contributed by atoms with Crippen molar-refractivity contribution in [3.05, 3.63) is 24.3 Å². The van der Waals surface area contributed by atoms with Gasteiger partial charge in [0, 0.05) is 19.0 Å². The topological polar surface area (TPSA) is 67.9 Å². The molecular formula is C15H21BN2O4. The molecule has 6 nitrogen and oxygen atoms in total. The van der Waals surface area contributed by atoms with E-state index >= 15 is 0 Å². The van der Waals surface area contributed by atoms with E-state index in [4.69, 9.17) is 4.74 Å². The van der Waals surface area contributed by atoms with E-state index in [-0.39, 0.29) is 12.5 Å². The summed E-state index contributed by atoms with van der Waals surface area (Å²) in [6.07, 6.45) is 0.322. The second-order valence-corrected chi connectivity index (χ2v) is 5.47. The number of ether oxygens (including phenoxy) is 2. The molecule has 1 aromatic carbocycles. The van der Waals surface area contributed by atoms with E-state index in [0.29, 0.717) is 25.6 Å². The monoisotopic (exact) mass is 304 g/mol. The molecule has 0 bridgehead atoms. The molecule has 0 saturated carbocycles. The molecule has 22 heavy (non-hydrogen) atoms. The van der Waals surface area contributed by atoms with Crippen LogP contribution < -0.4 is 15.5 Å². The Labute approximate surface area is 131 Å². The van der Waals surface area contributed by atoms with Crippen LogP contribution >= 0.6 is 0 Å². The van der Waals surface area contributed by atoms with Crippen LogP contribution in [-0.4, -0.2) is 58.1 Å². The maximum absolute atomic E-state index is 11.9. The molecule has 2 amide bonds. The van der Waals surface area contributed by atoms with Crippen molar-refractivity contribution in [1.29, 1.82) is 0 Å². The van der Waals surface area contributed by atoms with Gasteiger partial charge in [0.25, 0.3) is 0 Å². The summed E-state index contributed by atoms with van der Waals surface area (Å²) >= 11 is 0. The smallest absolute Gasteiger partial charge is 0.407 e. The fourth-order valence-electron chi connectivity index (χ4n) is 2.45. The van der Waals surface area contributed by atoms with Gasteiger partial charge in [-0.2, -0.15) is 0 Å². The fraction of sp³-hybridized carbons (Fsp3) is 0.467. The van der Waals surface area contributed by atoms with Crippen LogP contribution in [-0.2, 0) is 9.53 Å². The highest BCUT2D eigenvalue weighted by atomic mass is 16.5. The third-order valence-electron chi connectivity index (χ3n) is 3.68. The Bertz CT molecular complexity index is 538. The number of hydrogen-bond acceptors (Lipinski definition) is 4. The minimum absolute atomic E-state index is 0.0296. The van der Waals surface area contributed by atoms with Crippen LogP contribution in [0, 0.1) is 5.92 Å². The van der Waals surface area contributed by atoms with E-state index in [9.17, 15) is 9.59 Å². The highest BCUT2D eigenvalue weighted by Crippen LogP contribution is 2.18. The van der Waals surface area contributed by atoms with E-state index in [1.165, 1.54) is 7.11 Å². The van der Waals surface area contributed by atoms with Crippen LogP contribution in [0.1, 0.15) is 6.42 Å². The number of hydrogen-bond donors (Lipinski definition) is 1. The summed E-state index contributed by atoms with van der Waals surface area (Å²) in [6, 6.07) is 7.92. The molecule has 1 aliphatic heterocycles. The maximum atomic E-state index is 11.9. The van der Waals surface area contributed by atoms with Crippen molar-refractivity contribution in [2.45, 2.75) is 6.42 Å². The molecule has 1 heterocycles. The summed E-state index contributed by atoms with van der Waals surface area (Å²) in [7, 11) is 3.30. The molecular weight excluding hydrogens is 283 g/mol. The third-order valence-corrected chi connectivity index (χ3v) is 3.68. The zero-order valence-electron chi connectivity index (χ0n) is 13.0. The maximum Gasteiger partial charge on any atom is 0.407 e. The minimum atomic E-state index is -0.591. The van der Waals surface area contributed by atoms with Gasteiger partial charge in [0.15, 0.2) is 0 Å². The minimum Gasteiger partial charge on any atom is -0.493 e. The Morgan fingerprint density at radius 1 is 1.45 bits per heavy atom. The molecule has 0 radical (unpaired) electrons. The molecule has 1 aromatic rings. The van der Waals surface area contributed by atoms with Crippen molar-refractivity contribution in [1.82, 2.24) is 10.2 Å². The summed E-state index contributed by atoms with van der Waals surface area (Å²) in [6.45, 7) is 1.92. The molecule has 0 spiro atoms. The Kier molecular flexibility index (Phi) is 5.69. The number of carbonyl (C=O) groups excluding carboxylic acids is 2. The average Bonchev–Trinajstić information content (AvgIpc) is 2.99. The van der Waals surface area contributed by atoms with E-state index in [0.717, 1.165) is 17.6 Å². The first-order valence-corrected chi connectivity index (χ1v) is 7.37. The molecule has 1 fully saturated rings. The normalized spacial score (nSPS) is 17.1. The summed E-state index contributed by atoms with van der Waals surface area (Å²) in [5.41, 5.74) is 1.16. The second kappa shape index (κ2) is 7.73. The second-order valence-electron chi connectivity index (χ2n) is 5.47. The number of likely N-dealkylation sites (tertiary alicyclic amines) is 1. The number of methoxy groups -OCH3 is 1. The number of carbonyl (C=O) groups is 2. The van der Waals surface area contributed by atoms with Crippen molar-refractivity contribution < 1.29 is 19.1 Å². The van der Waals surface area contributed by atoms with Crippen LogP contribution in [0.2, 0.25) is 0 Å². The molecule has 0 unspecified atom stereocenters. The van der Waals surface area contributed by atoms with Crippen LogP contribution in [0.5, 0.6) is 5.75 Å². The van der Waals surface area contributed by atoms with E-state index in [1.807, 2.05) is 32.1 Å². The molecule has 1 aliphatic rings. The first-order valence-electron chi connectivity index (χ1n) is 7.37. The van der Waals surface area contributed by atoms with Crippen molar-refractivity contribution in [3.63, 3.8) is 0 Å². The van der Waals surface area contributed by atoms with E-state index in [2.05, 4.69) is 10.1 Å². The predicted molar refractivity (Wildman–Crippen MR) is 85.2 cm³/mol. The van der Waals surface area contributed by atoms with Gasteiger partial charge in [-0.05, 0) is 18.6 Å². The van der Waals surface area contributed by atoms with Gasteiger partial charge in [0.1, 0.15) is 20.1 Å². The lowest BCUT2D eigenvalue weighted by atomic mass is 9.96. The van der Waals surface area contributed by atoms with Gasteiger partial charge in [0.2, 0.25) is 5.91 Å². The van der Waals surface area contributed by atoms with Gasteiger partial charge in [0.05, 0.1) is 13.7 Å². The molecule has 0 aliphatic carbocycles. The highest BCUT2D eigenvalue weighted by Gasteiger charge is 2.26. The summed E-state index contributed by atoms with van der Waals surface area (Å²) in [5, 5.41) is 2.40. The Morgan fingerprint density at radius 2 is 2.27 bits per heavy atom. The quantitative estimate of drug-likeness (QED) is 0.747. The van der Waals surface area contributed by atoms with Gasteiger partial charge in [-0.25, -0.2) is 4.79 Å². The zero-order valence-corrected chi connectivity index (χ0v) is 13.0. The number of alkyl carbamates (subject to hydrolysis) is 1. The Morgan fingerprint density at radius 3 is 3.00 bits per heavy atom. The van der Waals surface area contributed by atoms with Gasteiger partial charge in [-0.15, -0.1) is 0 Å². The lowest BCUT2D eigenvalue weighted by Gasteiger charge is -2.17. The van der Waals surface area contributed by atoms with Gasteiger partial charge >= 0.3 is 6.09 Å². The van der Waals surface area contributed by atoms with Crippen LogP contribution in [0.25, 0.3) is 0 Å². The van der Waals surface area contributed by atoms with Crippen molar-refractivity contribution >= 4 is 25.3 Å². The zero-order chi connectivity index (χ0) is 15.9. The van der Waals surface area contributed by atoms with Crippen molar-refractivity contribution in [2.75, 3.05) is 33.4 Å². The lowest BCUT2D eigenvalue weighted by Crippen LogP contribution is -2.39. The average molecular weight is 304 g/mol. The first kappa shape index (κ1) is 16.2. The predicted octanol–water partition coefficient (Wildman–Crippen LogP) is -0.472. The van der Waals surface area contributed by atoms with Crippen molar-refractivity contribution in [3.8, 4) is 5.75 Å². The van der Waals surface area contributed by atoms with Crippen LogP contribution in [0.3, 0.4) is 0 Å². The largest absolute Gasteiger partial charge is 0.493 e. The molecule has 1 atom stereocenters. The fourth-order valence-corrected chi connectivity index (χ4v) is 2.45. The molecule has 0 aromatic heterocycles. The van der Waals surface area contributed by atoms with Crippen LogP contribution in [0.4, 0.5) is 4.79 Å². The number of benzene rings is 1. The van der Waals surface area contributed by atoms with Gasteiger partial charge in [-0.3, -0.25) is 4.79 Å². The van der Waals surface area contributed by atoms with Crippen molar-refractivity contribution in [2.24, 2.45) is 5.92 Å².